The second-order valence-electron chi connectivity index (χ2n) is 6.46. The van der Waals surface area contributed by atoms with Crippen LogP contribution in [0, 0.1) is 0 Å². The molecule has 6 nitrogen and oxygen atoms in total. The Bertz CT molecular complexity index is 1080. The quantitative estimate of drug-likeness (QED) is 0.660. The molecule has 1 aromatic heterocycles. The molecule has 9 heteroatoms. The van der Waals surface area contributed by atoms with Crippen molar-refractivity contribution >= 4 is 22.5 Å². The fraction of sp³-hybridized carbons (Fsp3) is 0.250. The minimum atomic E-state index is -4.48. The average molecular weight is 404 g/mol. The number of hydrogen-bond donors (Lipinski definition) is 2. The number of rotatable bonds is 6. The number of alkyl halides is 3. The number of aromatic nitrogens is 2. The van der Waals surface area contributed by atoms with Crippen LogP contribution >= 0.6 is 0 Å². The van der Waals surface area contributed by atoms with Crippen LogP contribution in [0.2, 0.25) is 0 Å². The van der Waals surface area contributed by atoms with Crippen LogP contribution in [-0.4, -0.2) is 33.9 Å². The van der Waals surface area contributed by atoms with Crippen LogP contribution in [0.15, 0.2) is 53.3 Å². The summed E-state index contributed by atoms with van der Waals surface area (Å²) < 4.78 is 38.4. The maximum Gasteiger partial charge on any atom is 0.416 e. The van der Waals surface area contributed by atoms with Crippen molar-refractivity contribution < 1.29 is 18.0 Å². The Morgan fingerprint density at radius 3 is 2.66 bits per heavy atom. The maximum absolute atomic E-state index is 12.8. The van der Waals surface area contributed by atoms with E-state index in [9.17, 15) is 22.8 Å². The summed E-state index contributed by atoms with van der Waals surface area (Å²) in [7, 11) is 0. The first-order valence-electron chi connectivity index (χ1n) is 8.93. The van der Waals surface area contributed by atoms with Crippen molar-refractivity contribution in [3.05, 3.63) is 70.3 Å². The molecule has 0 atom stereocenters. The molecule has 0 fully saturated rings. The zero-order valence-electron chi connectivity index (χ0n) is 15.6. The van der Waals surface area contributed by atoms with Gasteiger partial charge in [-0.15, -0.1) is 0 Å². The van der Waals surface area contributed by atoms with E-state index in [1.54, 1.807) is 29.2 Å². The third kappa shape index (κ3) is 5.20. The third-order valence-corrected chi connectivity index (χ3v) is 4.32. The summed E-state index contributed by atoms with van der Waals surface area (Å²) in [6, 6.07) is 11.4. The van der Waals surface area contributed by atoms with E-state index in [2.05, 4.69) is 15.3 Å². The SMILES string of the molecule is CCN(CC(=O)Nc1cccc(C(F)(F)F)c1)Cc1nc2ccccc2c(=O)[nH]1. The van der Waals surface area contributed by atoms with Gasteiger partial charge in [-0.1, -0.05) is 25.1 Å². The Kier molecular flexibility index (Phi) is 5.97. The Balaban J connectivity index is 1.69. The zero-order valence-corrected chi connectivity index (χ0v) is 15.6. The Morgan fingerprint density at radius 2 is 1.93 bits per heavy atom. The average Bonchev–Trinajstić information content (AvgIpc) is 2.67. The fourth-order valence-corrected chi connectivity index (χ4v) is 2.88. The maximum atomic E-state index is 12.8. The summed E-state index contributed by atoms with van der Waals surface area (Å²) in [6.45, 7) is 2.46. The number of amides is 1. The molecule has 0 aliphatic carbocycles. The first-order valence-corrected chi connectivity index (χ1v) is 8.93. The molecule has 0 spiro atoms. The number of carbonyl (C=O) groups excluding carboxylic acids is 1. The lowest BCUT2D eigenvalue weighted by Gasteiger charge is -2.19. The van der Waals surface area contributed by atoms with Crippen molar-refractivity contribution in [1.29, 1.82) is 0 Å². The van der Waals surface area contributed by atoms with Gasteiger partial charge in [0.05, 0.1) is 29.6 Å². The number of H-pyrrole nitrogens is 1. The lowest BCUT2D eigenvalue weighted by molar-refractivity contribution is -0.137. The molecule has 0 radical (unpaired) electrons. The molecule has 29 heavy (non-hydrogen) atoms. The highest BCUT2D eigenvalue weighted by Gasteiger charge is 2.30. The molecule has 0 bridgehead atoms. The van der Waals surface area contributed by atoms with Crippen molar-refractivity contribution in [2.75, 3.05) is 18.4 Å². The highest BCUT2D eigenvalue weighted by Crippen LogP contribution is 2.30. The van der Waals surface area contributed by atoms with E-state index in [0.717, 1.165) is 12.1 Å². The Hall–Kier alpha value is -3.20. The van der Waals surface area contributed by atoms with Crippen molar-refractivity contribution in [2.45, 2.75) is 19.6 Å². The van der Waals surface area contributed by atoms with Gasteiger partial charge in [0, 0.05) is 5.69 Å². The molecule has 3 aromatic rings. The molecule has 0 unspecified atom stereocenters. The van der Waals surface area contributed by atoms with E-state index < -0.39 is 17.6 Å². The molecule has 0 saturated heterocycles. The standard InChI is InChI=1S/C20H19F3N4O2/c1-2-27(11-17-25-16-9-4-3-8-15(16)19(29)26-17)12-18(28)24-14-7-5-6-13(10-14)20(21,22)23/h3-10H,2,11-12H2,1H3,(H,24,28)(H,25,26,29). The molecule has 0 aliphatic rings. The molecular formula is C20H19F3N4O2. The highest BCUT2D eigenvalue weighted by molar-refractivity contribution is 5.92. The van der Waals surface area contributed by atoms with Crippen LogP contribution in [0.3, 0.4) is 0 Å². The minimum absolute atomic E-state index is 0.0662. The number of para-hydroxylation sites is 1. The number of anilines is 1. The van der Waals surface area contributed by atoms with Gasteiger partial charge in [-0.2, -0.15) is 13.2 Å². The van der Waals surface area contributed by atoms with Crippen molar-refractivity contribution in [3.63, 3.8) is 0 Å². The highest BCUT2D eigenvalue weighted by atomic mass is 19.4. The smallest absolute Gasteiger partial charge is 0.325 e. The Labute approximate surface area is 164 Å². The van der Waals surface area contributed by atoms with Crippen LogP contribution < -0.4 is 10.9 Å². The molecule has 2 aromatic carbocycles. The molecule has 152 valence electrons. The van der Waals surface area contributed by atoms with E-state index in [4.69, 9.17) is 0 Å². The fourth-order valence-electron chi connectivity index (χ4n) is 2.88. The second kappa shape index (κ2) is 8.44. The van der Waals surface area contributed by atoms with E-state index in [1.165, 1.54) is 12.1 Å². The molecule has 1 heterocycles. The summed E-state index contributed by atoms with van der Waals surface area (Å²) >= 11 is 0. The van der Waals surface area contributed by atoms with Crippen LogP contribution in [0.25, 0.3) is 10.9 Å². The monoisotopic (exact) mass is 404 g/mol. The van der Waals surface area contributed by atoms with Crippen LogP contribution in [-0.2, 0) is 17.5 Å². The molecular weight excluding hydrogens is 385 g/mol. The van der Waals surface area contributed by atoms with Crippen molar-refractivity contribution in [3.8, 4) is 0 Å². The van der Waals surface area contributed by atoms with Crippen LogP contribution in [0.4, 0.5) is 18.9 Å². The number of carbonyl (C=O) groups is 1. The van der Waals surface area contributed by atoms with Gasteiger partial charge in [0.25, 0.3) is 5.56 Å². The van der Waals surface area contributed by atoms with Gasteiger partial charge in [-0.25, -0.2) is 4.98 Å². The predicted octanol–water partition coefficient (Wildman–Crippen LogP) is 3.40. The molecule has 0 aliphatic heterocycles. The number of halogens is 3. The lowest BCUT2D eigenvalue weighted by Crippen LogP contribution is -2.34. The summed E-state index contributed by atoms with van der Waals surface area (Å²) in [5.41, 5.74) is -0.482. The lowest BCUT2D eigenvalue weighted by atomic mass is 10.2. The number of fused-ring (bicyclic) bond motifs is 1. The zero-order chi connectivity index (χ0) is 21.0. The van der Waals surface area contributed by atoms with Gasteiger partial charge in [0.15, 0.2) is 0 Å². The molecule has 2 N–H and O–H groups in total. The number of hydrogen-bond acceptors (Lipinski definition) is 4. The van der Waals surface area contributed by atoms with Crippen molar-refractivity contribution in [2.24, 2.45) is 0 Å². The van der Waals surface area contributed by atoms with Gasteiger partial charge in [-0.3, -0.25) is 14.5 Å². The van der Waals surface area contributed by atoms with Crippen molar-refractivity contribution in [1.82, 2.24) is 14.9 Å². The second-order valence-corrected chi connectivity index (χ2v) is 6.46. The molecule has 1 amide bonds. The van der Waals surface area contributed by atoms with E-state index in [-0.39, 0.29) is 24.3 Å². The van der Waals surface area contributed by atoms with Gasteiger partial charge in [0.2, 0.25) is 5.91 Å². The Morgan fingerprint density at radius 1 is 1.17 bits per heavy atom. The number of nitrogens with one attached hydrogen (secondary N) is 2. The summed E-state index contributed by atoms with van der Waals surface area (Å²) in [5, 5.41) is 2.95. The van der Waals surface area contributed by atoms with Gasteiger partial charge < -0.3 is 10.3 Å². The van der Waals surface area contributed by atoms with Crippen LogP contribution in [0.5, 0.6) is 0 Å². The van der Waals surface area contributed by atoms with Gasteiger partial charge >= 0.3 is 6.18 Å². The van der Waals surface area contributed by atoms with E-state index in [1.807, 2.05) is 6.92 Å². The number of aromatic amines is 1. The predicted molar refractivity (Wildman–Crippen MR) is 103 cm³/mol. The molecule has 0 saturated carbocycles. The minimum Gasteiger partial charge on any atom is -0.325 e. The summed E-state index contributed by atoms with van der Waals surface area (Å²) in [5.74, 6) is -0.0586. The first-order chi connectivity index (χ1) is 13.8. The first kappa shape index (κ1) is 20.5. The molecule has 3 rings (SSSR count). The van der Waals surface area contributed by atoms with E-state index >= 15 is 0 Å². The number of likely N-dealkylation sites (N-methyl/N-ethyl adjacent to an activating group) is 1. The van der Waals surface area contributed by atoms with Gasteiger partial charge in [-0.05, 0) is 36.9 Å². The third-order valence-electron chi connectivity index (χ3n) is 4.32. The van der Waals surface area contributed by atoms with Crippen LogP contribution in [0.1, 0.15) is 18.3 Å². The normalized spacial score (nSPS) is 11.8. The van der Waals surface area contributed by atoms with Gasteiger partial charge in [0.1, 0.15) is 5.82 Å². The number of benzene rings is 2. The number of nitrogens with zero attached hydrogens (tertiary/aromatic N) is 2. The summed E-state index contributed by atoms with van der Waals surface area (Å²) in [4.78, 5) is 33.3. The topological polar surface area (TPSA) is 78.1 Å². The largest absolute Gasteiger partial charge is 0.416 e. The van der Waals surface area contributed by atoms with E-state index in [0.29, 0.717) is 23.3 Å². The summed E-state index contributed by atoms with van der Waals surface area (Å²) in [6.07, 6.45) is -4.48.